The number of carbonyl (C=O) groups excluding carboxylic acids is 4. The number of nitrogens with two attached hydrogens (primary N) is 1. The summed E-state index contributed by atoms with van der Waals surface area (Å²) in [7, 11) is 0. The molecule has 0 aliphatic heterocycles. The first-order chi connectivity index (χ1) is 10.1. The van der Waals surface area contributed by atoms with Crippen LogP contribution in [0.2, 0.25) is 0 Å². The van der Waals surface area contributed by atoms with Crippen LogP contribution in [-0.4, -0.2) is 29.3 Å². The van der Waals surface area contributed by atoms with Gasteiger partial charge in [-0.1, -0.05) is 6.07 Å². The highest BCUT2D eigenvalue weighted by Crippen LogP contribution is 2.13. The van der Waals surface area contributed by atoms with Gasteiger partial charge in [-0.25, -0.2) is 4.79 Å². The summed E-state index contributed by atoms with van der Waals surface area (Å²) >= 11 is 0. The number of anilines is 1. The first-order valence-electron chi connectivity index (χ1n) is 6.43. The maximum Gasteiger partial charge on any atom is 0.319 e. The molecule has 0 spiro atoms. The normalized spacial score (nSPS) is 10.5. The Labute approximate surface area is 127 Å². The summed E-state index contributed by atoms with van der Waals surface area (Å²) in [4.78, 5) is 45.5. The van der Waals surface area contributed by atoms with Gasteiger partial charge in [-0.3, -0.25) is 19.7 Å². The molecule has 1 aromatic rings. The van der Waals surface area contributed by atoms with Gasteiger partial charge in [0, 0.05) is 18.2 Å². The molecular formula is C14H18N4O4. The number of rotatable bonds is 4. The second-order valence-corrected chi connectivity index (χ2v) is 5.16. The standard InChI is InChI=1S/C14H18N4O4/c1-8(19)18-14(2,3)12(21)16-10-6-4-5-9(7-10)11(20)17-13(15)22/h4-7H,1-3H3,(H,16,21)(H,18,19)(H3,15,17,20,22). The van der Waals surface area contributed by atoms with E-state index in [0.717, 1.165) is 0 Å². The van der Waals surface area contributed by atoms with E-state index in [4.69, 9.17) is 5.73 Å². The topological polar surface area (TPSA) is 130 Å². The number of nitrogens with one attached hydrogen (secondary N) is 3. The van der Waals surface area contributed by atoms with Crippen molar-refractivity contribution in [2.45, 2.75) is 26.3 Å². The lowest BCUT2D eigenvalue weighted by Gasteiger charge is -2.24. The van der Waals surface area contributed by atoms with Crippen LogP contribution in [0.25, 0.3) is 0 Å². The molecule has 0 unspecified atom stereocenters. The van der Waals surface area contributed by atoms with E-state index in [9.17, 15) is 19.2 Å². The van der Waals surface area contributed by atoms with Crippen molar-refractivity contribution in [1.29, 1.82) is 0 Å². The van der Waals surface area contributed by atoms with E-state index < -0.39 is 23.4 Å². The van der Waals surface area contributed by atoms with Crippen molar-refractivity contribution in [3.63, 3.8) is 0 Å². The number of carbonyl (C=O) groups is 4. The molecule has 5 amide bonds. The number of benzene rings is 1. The highest BCUT2D eigenvalue weighted by atomic mass is 16.2. The molecule has 118 valence electrons. The Balaban J connectivity index is 2.86. The van der Waals surface area contributed by atoms with Crippen molar-refractivity contribution in [3.8, 4) is 0 Å². The molecule has 0 saturated heterocycles. The van der Waals surface area contributed by atoms with Gasteiger partial charge in [-0.05, 0) is 32.0 Å². The summed E-state index contributed by atoms with van der Waals surface area (Å²) in [5.41, 5.74) is 4.27. The molecular weight excluding hydrogens is 288 g/mol. The lowest BCUT2D eigenvalue weighted by atomic mass is 10.0. The van der Waals surface area contributed by atoms with Crippen molar-refractivity contribution in [3.05, 3.63) is 29.8 Å². The van der Waals surface area contributed by atoms with E-state index in [0.29, 0.717) is 5.69 Å². The molecule has 8 heteroatoms. The number of hydrogen-bond acceptors (Lipinski definition) is 4. The molecule has 1 aromatic carbocycles. The van der Waals surface area contributed by atoms with Crippen LogP contribution in [0.15, 0.2) is 24.3 Å². The van der Waals surface area contributed by atoms with Gasteiger partial charge in [0.1, 0.15) is 5.54 Å². The van der Waals surface area contributed by atoms with Crippen molar-refractivity contribution in [2.24, 2.45) is 5.73 Å². The van der Waals surface area contributed by atoms with E-state index in [1.807, 2.05) is 5.32 Å². The van der Waals surface area contributed by atoms with Gasteiger partial charge in [-0.15, -0.1) is 0 Å². The van der Waals surface area contributed by atoms with Crippen molar-refractivity contribution in [1.82, 2.24) is 10.6 Å². The van der Waals surface area contributed by atoms with Gasteiger partial charge >= 0.3 is 6.03 Å². The van der Waals surface area contributed by atoms with Crippen molar-refractivity contribution < 1.29 is 19.2 Å². The third-order valence-electron chi connectivity index (χ3n) is 2.68. The van der Waals surface area contributed by atoms with Crippen molar-refractivity contribution in [2.75, 3.05) is 5.32 Å². The minimum atomic E-state index is -1.11. The zero-order chi connectivity index (χ0) is 16.9. The number of imide groups is 1. The fourth-order valence-electron chi connectivity index (χ4n) is 1.71. The molecule has 0 aromatic heterocycles. The maximum absolute atomic E-state index is 12.1. The largest absolute Gasteiger partial charge is 0.351 e. The Bertz CT molecular complexity index is 625. The van der Waals surface area contributed by atoms with Crippen LogP contribution >= 0.6 is 0 Å². The molecule has 0 saturated carbocycles. The maximum atomic E-state index is 12.1. The lowest BCUT2D eigenvalue weighted by Crippen LogP contribution is -2.51. The Morgan fingerprint density at radius 1 is 1.14 bits per heavy atom. The Morgan fingerprint density at radius 2 is 1.77 bits per heavy atom. The van der Waals surface area contributed by atoms with Crippen LogP contribution < -0.4 is 21.7 Å². The second kappa shape index (κ2) is 6.70. The highest BCUT2D eigenvalue weighted by Gasteiger charge is 2.28. The van der Waals surface area contributed by atoms with Gasteiger partial charge < -0.3 is 16.4 Å². The van der Waals surface area contributed by atoms with Crippen LogP contribution in [0.4, 0.5) is 10.5 Å². The molecule has 0 aliphatic carbocycles. The molecule has 0 atom stereocenters. The molecule has 0 radical (unpaired) electrons. The SMILES string of the molecule is CC(=O)NC(C)(C)C(=O)Nc1cccc(C(=O)NC(N)=O)c1. The second-order valence-electron chi connectivity index (χ2n) is 5.16. The van der Waals surface area contributed by atoms with Gasteiger partial charge in [-0.2, -0.15) is 0 Å². The lowest BCUT2D eigenvalue weighted by molar-refractivity contribution is -0.128. The summed E-state index contributed by atoms with van der Waals surface area (Å²) in [5.74, 6) is -1.46. The third kappa shape index (κ3) is 4.89. The molecule has 0 aliphatic rings. The predicted molar refractivity (Wildman–Crippen MR) is 80.0 cm³/mol. The first kappa shape index (κ1) is 17.2. The Morgan fingerprint density at radius 3 is 2.32 bits per heavy atom. The van der Waals surface area contributed by atoms with Crippen LogP contribution in [0.1, 0.15) is 31.1 Å². The van der Waals surface area contributed by atoms with Crippen LogP contribution in [0.3, 0.4) is 0 Å². The zero-order valence-electron chi connectivity index (χ0n) is 12.5. The number of amides is 5. The molecule has 1 rings (SSSR count). The van der Waals surface area contributed by atoms with Crippen LogP contribution in [0.5, 0.6) is 0 Å². The first-order valence-corrected chi connectivity index (χ1v) is 6.43. The van der Waals surface area contributed by atoms with E-state index in [1.54, 1.807) is 19.9 Å². The molecule has 0 heterocycles. The molecule has 0 bridgehead atoms. The zero-order valence-corrected chi connectivity index (χ0v) is 12.5. The van der Waals surface area contributed by atoms with Crippen LogP contribution in [0, 0.1) is 0 Å². The fourth-order valence-corrected chi connectivity index (χ4v) is 1.71. The van der Waals surface area contributed by atoms with Gasteiger partial charge in [0.05, 0.1) is 0 Å². The fraction of sp³-hybridized carbons (Fsp3) is 0.286. The highest BCUT2D eigenvalue weighted by molar-refractivity contribution is 6.05. The minimum absolute atomic E-state index is 0.161. The summed E-state index contributed by atoms with van der Waals surface area (Å²) in [6.45, 7) is 4.41. The van der Waals surface area contributed by atoms with Gasteiger partial charge in [0.15, 0.2) is 0 Å². The quantitative estimate of drug-likeness (QED) is 0.639. The average molecular weight is 306 g/mol. The molecule has 8 nitrogen and oxygen atoms in total. The van der Waals surface area contributed by atoms with E-state index in [2.05, 4.69) is 10.6 Å². The minimum Gasteiger partial charge on any atom is -0.351 e. The monoisotopic (exact) mass is 306 g/mol. The van der Waals surface area contributed by atoms with Crippen molar-refractivity contribution >= 4 is 29.4 Å². The summed E-state index contributed by atoms with van der Waals surface area (Å²) in [5, 5.41) is 7.02. The molecule has 22 heavy (non-hydrogen) atoms. The predicted octanol–water partition coefficient (Wildman–Crippen LogP) is 0.348. The van der Waals surface area contributed by atoms with Gasteiger partial charge in [0.25, 0.3) is 5.91 Å². The van der Waals surface area contributed by atoms with E-state index in [-0.39, 0.29) is 11.5 Å². The molecule has 0 fully saturated rings. The Hall–Kier alpha value is -2.90. The smallest absolute Gasteiger partial charge is 0.319 e. The summed E-state index contributed by atoms with van der Waals surface area (Å²) < 4.78 is 0. The number of hydrogen-bond donors (Lipinski definition) is 4. The van der Waals surface area contributed by atoms with E-state index >= 15 is 0 Å². The number of urea groups is 1. The third-order valence-corrected chi connectivity index (χ3v) is 2.68. The van der Waals surface area contributed by atoms with Crippen LogP contribution in [-0.2, 0) is 9.59 Å². The number of primary amides is 1. The summed E-state index contributed by atoms with van der Waals surface area (Å²) in [6, 6.07) is 5.00. The Kier molecular flexibility index (Phi) is 5.23. The molecule has 5 N–H and O–H groups in total. The average Bonchev–Trinajstić information content (AvgIpc) is 2.36. The van der Waals surface area contributed by atoms with E-state index in [1.165, 1.54) is 25.1 Å². The van der Waals surface area contributed by atoms with Gasteiger partial charge in [0.2, 0.25) is 11.8 Å². The summed E-state index contributed by atoms with van der Waals surface area (Å²) in [6.07, 6.45) is 0.